The lowest BCUT2D eigenvalue weighted by Gasteiger charge is -2.37. The number of benzene rings is 10. The zero-order valence-electron chi connectivity index (χ0n) is 43.5. The van der Waals surface area contributed by atoms with Gasteiger partial charge in [-0.3, -0.25) is 0 Å². The summed E-state index contributed by atoms with van der Waals surface area (Å²) in [5.74, 6) is -0.186. The van der Waals surface area contributed by atoms with Crippen molar-refractivity contribution < 1.29 is 0 Å². The van der Waals surface area contributed by atoms with Crippen LogP contribution in [0.15, 0.2) is 291 Å². The fourth-order valence-electron chi connectivity index (χ4n) is 13.7. The first-order valence-corrected chi connectivity index (χ1v) is 27.0. The van der Waals surface area contributed by atoms with Crippen molar-refractivity contribution in [2.24, 2.45) is 0 Å². The van der Waals surface area contributed by atoms with Gasteiger partial charge in [-0.2, -0.15) is 10.5 Å². The second-order valence-corrected chi connectivity index (χ2v) is 20.7. The number of aromatic nitrogens is 3. The van der Waals surface area contributed by atoms with Gasteiger partial charge in [-0.25, -0.2) is 0 Å². The minimum atomic E-state index is -0.771. The molecule has 0 spiro atoms. The first-order chi connectivity index (χ1) is 39.5. The Hall–Kier alpha value is -10.9. The van der Waals surface area contributed by atoms with E-state index in [1.165, 1.54) is 11.1 Å². The Morgan fingerprint density at radius 3 is 1.18 bits per heavy atom. The van der Waals surface area contributed by atoms with Crippen LogP contribution in [0.5, 0.6) is 0 Å². The fourth-order valence-corrected chi connectivity index (χ4v) is 13.7. The van der Waals surface area contributed by atoms with Crippen LogP contribution in [0.2, 0.25) is 0 Å². The predicted octanol–water partition coefficient (Wildman–Crippen LogP) is 17.7. The van der Waals surface area contributed by atoms with Crippen molar-refractivity contribution in [1.29, 1.82) is 10.5 Å². The molecule has 4 heterocycles. The van der Waals surface area contributed by atoms with E-state index in [4.69, 9.17) is 13.2 Å². The maximum absolute atomic E-state index is 12.4. The largest absolute Gasteiger partial charge is 0.308 e. The topological polar surface area (TPSA) is 65.6 Å². The molecule has 374 valence electrons. The van der Waals surface area contributed by atoms with Crippen molar-refractivity contribution in [2.45, 2.75) is 11.3 Å². The lowest BCUT2D eigenvalue weighted by molar-refractivity contribution is 0.732. The Kier molecular flexibility index (Phi) is 10.5. The van der Waals surface area contributed by atoms with Crippen LogP contribution in [-0.4, -0.2) is 13.7 Å². The van der Waals surface area contributed by atoms with Crippen LogP contribution in [-0.2, 0) is 5.41 Å². The molecular weight excluding hydrogens is 973 g/mol. The Labute approximate surface area is 462 Å². The van der Waals surface area contributed by atoms with Crippen LogP contribution >= 0.6 is 0 Å². The van der Waals surface area contributed by atoms with Crippen molar-refractivity contribution in [3.05, 3.63) is 324 Å². The lowest BCUT2D eigenvalue weighted by atomic mass is 9.66. The van der Waals surface area contributed by atoms with E-state index >= 15 is 0 Å². The van der Waals surface area contributed by atoms with Gasteiger partial charge in [-0.05, 0) is 76.4 Å². The van der Waals surface area contributed by atoms with Crippen LogP contribution in [0.3, 0.4) is 0 Å². The van der Waals surface area contributed by atoms with E-state index in [1.807, 2.05) is 24.3 Å². The van der Waals surface area contributed by atoms with E-state index in [1.54, 1.807) is 0 Å². The van der Waals surface area contributed by atoms with Gasteiger partial charge in [-0.1, -0.05) is 226 Å². The van der Waals surface area contributed by atoms with E-state index in [0.29, 0.717) is 34.1 Å². The first kappa shape index (κ1) is 46.4. The molecule has 0 fully saturated rings. The summed E-state index contributed by atoms with van der Waals surface area (Å²) in [5, 5.41) is 31.0. The summed E-state index contributed by atoms with van der Waals surface area (Å²) in [4.78, 5) is 2.05. The van der Waals surface area contributed by atoms with Crippen molar-refractivity contribution in [3.63, 3.8) is 0 Å². The maximum atomic E-state index is 12.4. The molecule has 80 heavy (non-hydrogen) atoms. The van der Waals surface area contributed by atoms with E-state index in [9.17, 15) is 10.5 Å². The van der Waals surface area contributed by atoms with Crippen LogP contribution in [0.1, 0.15) is 39.3 Å². The van der Waals surface area contributed by atoms with E-state index < -0.39 is 5.41 Å². The van der Waals surface area contributed by atoms with E-state index in [0.717, 1.165) is 82.1 Å². The summed E-state index contributed by atoms with van der Waals surface area (Å²) < 4.78 is 6.87. The average molecular weight is 1020 g/mol. The smallest absolute Gasteiger partial charge is 0.103 e. The predicted molar refractivity (Wildman–Crippen MR) is 328 cm³/mol. The number of anilines is 1. The minimum absolute atomic E-state index is 0.177. The minimum Gasteiger partial charge on any atom is -0.308 e. The molecule has 0 N–H and O–H groups in total. The summed E-state index contributed by atoms with van der Waals surface area (Å²) in [6, 6.07) is 86.5. The van der Waals surface area contributed by atoms with Gasteiger partial charge in [0.2, 0.25) is 0 Å². The summed E-state index contributed by atoms with van der Waals surface area (Å²) in [6.07, 6.45) is 10.7. The highest BCUT2D eigenvalue weighted by Gasteiger charge is 2.50. The Morgan fingerprint density at radius 2 is 0.738 bits per heavy atom. The van der Waals surface area contributed by atoms with Gasteiger partial charge in [0.05, 0.1) is 72.4 Å². The number of fused-ring (bicyclic) bond motifs is 12. The fraction of sp³-hybridized carbons (Fsp3) is 0.0270. The molecule has 1 atom stereocenters. The molecule has 1 aliphatic heterocycles. The van der Waals surface area contributed by atoms with Crippen molar-refractivity contribution in [1.82, 2.24) is 13.7 Å². The monoisotopic (exact) mass is 1020 g/mol. The molecule has 6 nitrogen and oxygen atoms in total. The van der Waals surface area contributed by atoms with Crippen molar-refractivity contribution >= 4 is 71.1 Å². The molecule has 13 aromatic rings. The summed E-state index contributed by atoms with van der Waals surface area (Å²) in [5.41, 5.74) is 14.4. The molecule has 0 bridgehead atoms. The number of hydrogen-bond acceptors (Lipinski definition) is 3. The first-order valence-electron chi connectivity index (χ1n) is 27.0. The Bertz CT molecular complexity index is 4770. The van der Waals surface area contributed by atoms with E-state index in [-0.39, 0.29) is 17.0 Å². The van der Waals surface area contributed by atoms with Crippen molar-refractivity contribution in [3.8, 4) is 29.2 Å². The van der Waals surface area contributed by atoms with Gasteiger partial charge in [0.25, 0.3) is 0 Å². The average Bonchev–Trinajstić information content (AvgIpc) is 4.35. The molecule has 0 radical (unpaired) electrons. The zero-order valence-corrected chi connectivity index (χ0v) is 43.5. The summed E-state index contributed by atoms with van der Waals surface area (Å²) in [7, 11) is 0. The van der Waals surface area contributed by atoms with Gasteiger partial charge in [0.1, 0.15) is 12.1 Å². The molecule has 15 rings (SSSR count). The molecule has 1 unspecified atom stereocenters. The quantitative estimate of drug-likeness (QED) is 0.167. The Balaban J connectivity index is 1.18. The van der Waals surface area contributed by atoms with Crippen LogP contribution < -0.4 is 4.90 Å². The third-order valence-electron chi connectivity index (χ3n) is 16.7. The van der Waals surface area contributed by atoms with Crippen LogP contribution in [0.4, 0.5) is 5.69 Å². The van der Waals surface area contributed by atoms with Gasteiger partial charge in [-0.15, -0.1) is 0 Å². The normalized spacial score (nSPS) is 16.4. The number of para-hydroxylation sites is 6. The molecule has 0 saturated heterocycles. The molecule has 3 aromatic heterocycles. The number of hydrogen-bond donors (Lipinski definition) is 0. The molecular formula is C74H48N6. The van der Waals surface area contributed by atoms with Crippen molar-refractivity contribution in [2.75, 3.05) is 4.90 Å². The van der Waals surface area contributed by atoms with Crippen LogP contribution in [0.25, 0.3) is 82.5 Å². The summed E-state index contributed by atoms with van der Waals surface area (Å²) in [6.45, 7) is 10.0. The molecule has 10 aromatic carbocycles. The molecule has 1 aliphatic carbocycles. The zero-order chi connectivity index (χ0) is 53.6. The van der Waals surface area contributed by atoms with Gasteiger partial charge in [0, 0.05) is 49.6 Å². The third kappa shape index (κ3) is 6.45. The van der Waals surface area contributed by atoms with Gasteiger partial charge in [0.15, 0.2) is 0 Å². The van der Waals surface area contributed by atoms with Gasteiger partial charge < -0.3 is 18.6 Å². The number of allylic oxidation sites excluding steroid dienone is 6. The molecule has 2 aliphatic rings. The number of rotatable bonds is 6. The highest BCUT2D eigenvalue weighted by molar-refractivity contribution is 6.15. The maximum Gasteiger partial charge on any atom is 0.103 e. The second-order valence-electron chi connectivity index (χ2n) is 20.7. The Morgan fingerprint density at radius 1 is 0.375 bits per heavy atom. The SMILES string of the molecule is C=C1/C=C\C=C/C2/C(=C\C(=C)N1c1c(C#N)c(C#N)c(-n3c4ccccc4c4ccccc43)c(-n3c4ccccc4c4ccccc43)c1-n1c3ccccc3c3ccccc31)C(c1ccccc1)(c1ccccc1)c1ccccc12. The number of nitriles is 2. The lowest BCUT2D eigenvalue weighted by Crippen LogP contribution is -2.30. The van der Waals surface area contributed by atoms with Crippen LogP contribution in [0, 0.1) is 22.7 Å². The summed E-state index contributed by atoms with van der Waals surface area (Å²) >= 11 is 0. The third-order valence-corrected chi connectivity index (χ3v) is 16.7. The highest BCUT2D eigenvalue weighted by Crippen LogP contribution is 2.59. The highest BCUT2D eigenvalue weighted by atomic mass is 15.2. The van der Waals surface area contributed by atoms with Gasteiger partial charge >= 0.3 is 0 Å². The number of nitrogens with zero attached hydrogens (tertiary/aromatic N) is 6. The molecule has 6 heteroatoms. The molecule has 0 amide bonds. The standard InChI is InChI=1S/C74H48N6/c1-48-25-9-10-31-53-52-30-11-18-38-62(52)74(50-26-5-3-6-27-50,51-28-7-4-8-29-51)63(53)45-49(2)77(48)70-60(46-75)61(47-76)71(78-64-39-19-12-32-54(64)55-33-13-20-40-65(55)78)73(80-68-43-23-16-36-58(68)59-37-17-24-44-69(59)80)72(70)79-66-41-21-14-34-56(66)57-35-15-22-42-67(57)79/h3-45,53H,1-2H2/b25-9-,31-10-,63-45+. The van der Waals surface area contributed by atoms with E-state index in [2.05, 4.69) is 267 Å². The molecule has 0 saturated carbocycles. The second kappa shape index (κ2) is 18.1.